The average Bonchev–Trinajstić information content (AvgIpc) is 3.31. The molecule has 5 nitrogen and oxygen atoms in total. The lowest BCUT2D eigenvalue weighted by atomic mass is 9.89. The third kappa shape index (κ3) is 6.23. The van der Waals surface area contributed by atoms with E-state index >= 15 is 0 Å². The van der Waals surface area contributed by atoms with Crippen molar-refractivity contribution >= 4 is 5.78 Å². The van der Waals surface area contributed by atoms with Crippen LogP contribution >= 0.6 is 0 Å². The summed E-state index contributed by atoms with van der Waals surface area (Å²) in [6, 6.07) is 0. The second-order valence-corrected chi connectivity index (χ2v) is 10.0. The van der Waals surface area contributed by atoms with Gasteiger partial charge in [0.2, 0.25) is 0 Å². The van der Waals surface area contributed by atoms with Gasteiger partial charge < -0.3 is 18.9 Å². The van der Waals surface area contributed by atoms with Crippen LogP contribution in [0.2, 0.25) is 0 Å². The first-order chi connectivity index (χ1) is 15.6. The van der Waals surface area contributed by atoms with Gasteiger partial charge in [0, 0.05) is 38.4 Å². The van der Waals surface area contributed by atoms with Gasteiger partial charge in [-0.15, -0.1) is 11.8 Å². The normalized spacial score (nSPS) is 37.1. The Labute approximate surface area is 193 Å². The molecule has 2 heterocycles. The lowest BCUT2D eigenvalue weighted by Gasteiger charge is -2.31. The van der Waals surface area contributed by atoms with E-state index in [1.807, 2.05) is 6.92 Å². The van der Waals surface area contributed by atoms with E-state index in [0.717, 1.165) is 64.6 Å². The molecule has 2 aliphatic heterocycles. The minimum Gasteiger partial charge on any atom is -0.353 e. The molecule has 2 saturated carbocycles. The molecule has 0 spiro atoms. The largest absolute Gasteiger partial charge is 0.353 e. The fourth-order valence-corrected chi connectivity index (χ4v) is 5.80. The number of carbonyl (C=O) groups excluding carboxylic acids is 1. The van der Waals surface area contributed by atoms with Crippen LogP contribution in [0.1, 0.15) is 78.1 Å². The number of hydrogen-bond acceptors (Lipinski definition) is 5. The Bertz CT molecular complexity index is 695. The van der Waals surface area contributed by atoms with Crippen molar-refractivity contribution in [2.45, 2.75) is 103 Å². The molecule has 2 aliphatic carbocycles. The minimum atomic E-state index is -0.137. The van der Waals surface area contributed by atoms with Crippen molar-refractivity contribution in [2.24, 2.45) is 23.7 Å². The SMILES string of the molecule is CC#CCC(C)[C@@H](/C=C/[C@@H]1[C@H]2CC(=O)C[C@H]2C[C@H]1OC1CCCCO1)OC1CCCCO1. The van der Waals surface area contributed by atoms with Crippen molar-refractivity contribution in [3.05, 3.63) is 12.2 Å². The first kappa shape index (κ1) is 24.0. The fourth-order valence-electron chi connectivity index (χ4n) is 5.80. The highest BCUT2D eigenvalue weighted by Crippen LogP contribution is 2.48. The number of hydrogen-bond donors (Lipinski definition) is 0. The van der Waals surface area contributed by atoms with E-state index in [1.54, 1.807) is 0 Å². The topological polar surface area (TPSA) is 54.0 Å². The predicted molar refractivity (Wildman–Crippen MR) is 123 cm³/mol. The second-order valence-electron chi connectivity index (χ2n) is 10.0. The molecule has 0 aromatic rings. The van der Waals surface area contributed by atoms with Crippen LogP contribution in [0, 0.1) is 35.5 Å². The summed E-state index contributed by atoms with van der Waals surface area (Å²) < 4.78 is 24.6. The monoisotopic (exact) mass is 444 g/mol. The third-order valence-electron chi connectivity index (χ3n) is 7.61. The summed E-state index contributed by atoms with van der Waals surface area (Å²) in [6.07, 6.45) is 13.9. The van der Waals surface area contributed by atoms with Crippen LogP contribution in [0.5, 0.6) is 0 Å². The highest BCUT2D eigenvalue weighted by atomic mass is 16.7. The maximum atomic E-state index is 12.2. The van der Waals surface area contributed by atoms with Gasteiger partial charge >= 0.3 is 0 Å². The molecular formula is C27H40O5. The van der Waals surface area contributed by atoms with E-state index in [0.29, 0.717) is 30.5 Å². The van der Waals surface area contributed by atoms with Crippen molar-refractivity contribution in [1.29, 1.82) is 0 Å². The van der Waals surface area contributed by atoms with Crippen LogP contribution < -0.4 is 0 Å². The smallest absolute Gasteiger partial charge is 0.158 e. The molecule has 5 heteroatoms. The summed E-state index contributed by atoms with van der Waals surface area (Å²) in [5, 5.41) is 0. The molecule has 0 N–H and O–H groups in total. The highest BCUT2D eigenvalue weighted by molar-refractivity contribution is 5.81. The quantitative estimate of drug-likeness (QED) is 0.388. The third-order valence-corrected chi connectivity index (χ3v) is 7.61. The van der Waals surface area contributed by atoms with E-state index in [4.69, 9.17) is 18.9 Å². The van der Waals surface area contributed by atoms with Gasteiger partial charge in [0.15, 0.2) is 12.6 Å². The molecule has 4 aliphatic rings. The second kappa shape index (κ2) is 11.8. The molecule has 4 rings (SSSR count). The highest BCUT2D eigenvalue weighted by Gasteiger charge is 2.48. The van der Waals surface area contributed by atoms with Gasteiger partial charge in [-0.1, -0.05) is 19.1 Å². The number of Topliss-reactive ketones (excluding diaryl/α,β-unsaturated/α-hetero) is 1. The van der Waals surface area contributed by atoms with Crippen LogP contribution in [0.25, 0.3) is 0 Å². The molecule has 0 aromatic heterocycles. The molecule has 8 atom stereocenters. The van der Waals surface area contributed by atoms with Crippen LogP contribution in [0.3, 0.4) is 0 Å². The van der Waals surface area contributed by atoms with Crippen LogP contribution in [-0.4, -0.2) is 43.8 Å². The Kier molecular flexibility index (Phi) is 8.82. The van der Waals surface area contributed by atoms with Gasteiger partial charge in [-0.3, -0.25) is 4.79 Å². The number of rotatable bonds is 8. The molecule has 3 unspecified atom stereocenters. The van der Waals surface area contributed by atoms with Crippen molar-refractivity contribution in [1.82, 2.24) is 0 Å². The summed E-state index contributed by atoms with van der Waals surface area (Å²) in [5.74, 6) is 7.95. The minimum absolute atomic E-state index is 0.0540. The summed E-state index contributed by atoms with van der Waals surface area (Å²) in [7, 11) is 0. The van der Waals surface area contributed by atoms with E-state index in [9.17, 15) is 4.79 Å². The van der Waals surface area contributed by atoms with E-state index < -0.39 is 0 Å². The summed E-state index contributed by atoms with van der Waals surface area (Å²) in [6.45, 7) is 5.64. The van der Waals surface area contributed by atoms with Gasteiger partial charge in [0.05, 0.1) is 12.2 Å². The number of ketones is 1. The number of fused-ring (bicyclic) bond motifs is 1. The lowest BCUT2D eigenvalue weighted by Crippen LogP contribution is -2.32. The number of ether oxygens (including phenoxy) is 4. The molecular weight excluding hydrogens is 404 g/mol. The summed E-state index contributed by atoms with van der Waals surface area (Å²) in [4.78, 5) is 12.2. The van der Waals surface area contributed by atoms with Crippen LogP contribution in [0.15, 0.2) is 12.2 Å². The van der Waals surface area contributed by atoms with E-state index in [1.165, 1.54) is 0 Å². The standard InChI is InChI=1S/C27H40O5/c1-3-4-9-19(2)24(31-26-10-5-7-14-29-26)13-12-22-23-18-21(28)16-20(23)17-25(22)32-27-11-6-8-15-30-27/h12-13,19-20,22-27H,5-11,14-18H2,1-2H3/b13-12+/t19?,20-,22+,23-,24+,25+,26?,27?/m0/s1. The molecule has 178 valence electrons. The first-order valence-corrected chi connectivity index (χ1v) is 12.8. The molecule has 2 saturated heterocycles. The molecule has 0 aromatic carbocycles. The Balaban J connectivity index is 1.46. The van der Waals surface area contributed by atoms with Gasteiger partial charge in [0.1, 0.15) is 5.78 Å². The van der Waals surface area contributed by atoms with Crippen molar-refractivity contribution in [2.75, 3.05) is 13.2 Å². The Morgan fingerprint density at radius 2 is 1.84 bits per heavy atom. The Morgan fingerprint density at radius 3 is 2.53 bits per heavy atom. The predicted octanol–water partition coefficient (Wildman–Crippen LogP) is 5.03. The van der Waals surface area contributed by atoms with Crippen molar-refractivity contribution in [3.63, 3.8) is 0 Å². The van der Waals surface area contributed by atoms with Crippen molar-refractivity contribution < 1.29 is 23.7 Å². The zero-order valence-electron chi connectivity index (χ0n) is 19.8. The van der Waals surface area contributed by atoms with Gasteiger partial charge in [-0.05, 0) is 69.6 Å². The summed E-state index contributed by atoms with van der Waals surface area (Å²) in [5.41, 5.74) is 0. The van der Waals surface area contributed by atoms with Crippen LogP contribution in [-0.2, 0) is 23.7 Å². The Hall–Kier alpha value is -1.19. The first-order valence-electron chi connectivity index (χ1n) is 12.8. The van der Waals surface area contributed by atoms with E-state index in [2.05, 4.69) is 30.9 Å². The fraction of sp³-hybridized carbons (Fsp3) is 0.815. The lowest BCUT2D eigenvalue weighted by molar-refractivity contribution is -0.193. The zero-order valence-corrected chi connectivity index (χ0v) is 19.8. The average molecular weight is 445 g/mol. The van der Waals surface area contributed by atoms with Gasteiger partial charge in [-0.25, -0.2) is 0 Å². The zero-order chi connectivity index (χ0) is 22.3. The molecule has 0 radical (unpaired) electrons. The van der Waals surface area contributed by atoms with Gasteiger partial charge in [-0.2, -0.15) is 0 Å². The molecule has 0 amide bonds. The van der Waals surface area contributed by atoms with Crippen LogP contribution in [0.4, 0.5) is 0 Å². The summed E-state index contributed by atoms with van der Waals surface area (Å²) >= 11 is 0. The molecule has 32 heavy (non-hydrogen) atoms. The maximum Gasteiger partial charge on any atom is 0.158 e. The van der Waals surface area contributed by atoms with Crippen molar-refractivity contribution in [3.8, 4) is 11.8 Å². The number of carbonyl (C=O) groups is 1. The Morgan fingerprint density at radius 1 is 1.09 bits per heavy atom. The molecule has 4 fully saturated rings. The maximum absolute atomic E-state index is 12.2. The van der Waals surface area contributed by atoms with Gasteiger partial charge in [0.25, 0.3) is 0 Å². The molecule has 0 bridgehead atoms. The van der Waals surface area contributed by atoms with E-state index in [-0.39, 0.29) is 36.6 Å².